The Morgan fingerprint density at radius 2 is 2.25 bits per heavy atom. The number of amides is 1. The Hall–Kier alpha value is -1.48. The fourth-order valence-electron chi connectivity index (χ4n) is 2.95. The van der Waals surface area contributed by atoms with Crippen molar-refractivity contribution in [1.82, 2.24) is 4.90 Å². The molecule has 20 heavy (non-hydrogen) atoms. The van der Waals surface area contributed by atoms with Crippen molar-refractivity contribution < 1.29 is 9.21 Å². The van der Waals surface area contributed by atoms with Crippen molar-refractivity contribution in [3.05, 3.63) is 36.1 Å². The molecule has 0 bridgehead atoms. The Bertz CT molecular complexity index is 605. The van der Waals surface area contributed by atoms with E-state index in [0.717, 1.165) is 36.9 Å². The van der Waals surface area contributed by atoms with Gasteiger partial charge >= 0.3 is 0 Å². The van der Waals surface area contributed by atoms with E-state index >= 15 is 0 Å². The highest BCUT2D eigenvalue weighted by molar-refractivity contribution is 6.17. The number of halogens is 1. The summed E-state index contributed by atoms with van der Waals surface area (Å²) in [5.74, 6) is 1.28. The predicted octanol–water partition coefficient (Wildman–Crippen LogP) is 3.91. The van der Waals surface area contributed by atoms with Crippen LogP contribution in [0.3, 0.4) is 0 Å². The van der Waals surface area contributed by atoms with E-state index in [9.17, 15) is 4.79 Å². The third-order valence-electron chi connectivity index (χ3n) is 4.03. The van der Waals surface area contributed by atoms with Crippen LogP contribution in [0.5, 0.6) is 0 Å². The first kappa shape index (κ1) is 13.5. The first-order chi connectivity index (χ1) is 9.79. The van der Waals surface area contributed by atoms with Gasteiger partial charge in [0.25, 0.3) is 5.91 Å². The molecule has 1 aliphatic rings. The zero-order valence-electron chi connectivity index (χ0n) is 11.3. The van der Waals surface area contributed by atoms with Gasteiger partial charge < -0.3 is 9.32 Å². The molecule has 3 nitrogen and oxygen atoms in total. The van der Waals surface area contributed by atoms with Gasteiger partial charge in [-0.15, -0.1) is 11.6 Å². The van der Waals surface area contributed by atoms with Crippen LogP contribution < -0.4 is 0 Å². The number of piperidine rings is 1. The summed E-state index contributed by atoms with van der Waals surface area (Å²) in [7, 11) is 0. The zero-order valence-corrected chi connectivity index (χ0v) is 12.1. The molecule has 3 rings (SSSR count). The zero-order chi connectivity index (χ0) is 13.9. The highest BCUT2D eigenvalue weighted by atomic mass is 35.5. The monoisotopic (exact) mass is 291 g/mol. The van der Waals surface area contributed by atoms with E-state index in [1.807, 2.05) is 29.2 Å². The van der Waals surface area contributed by atoms with Gasteiger partial charge in [-0.05, 0) is 31.2 Å². The Morgan fingerprint density at radius 3 is 3.10 bits per heavy atom. The van der Waals surface area contributed by atoms with Gasteiger partial charge in [0.05, 0.1) is 5.56 Å². The van der Waals surface area contributed by atoms with Crippen molar-refractivity contribution in [1.29, 1.82) is 0 Å². The van der Waals surface area contributed by atoms with E-state index < -0.39 is 0 Å². The first-order valence-electron chi connectivity index (χ1n) is 7.11. The number of likely N-dealkylation sites (tertiary alicyclic amines) is 1. The summed E-state index contributed by atoms with van der Waals surface area (Å²) >= 11 is 5.82. The summed E-state index contributed by atoms with van der Waals surface area (Å²) in [4.78, 5) is 14.6. The molecule has 0 radical (unpaired) electrons. The second-order valence-electron chi connectivity index (χ2n) is 5.38. The predicted molar refractivity (Wildman–Crippen MR) is 80.2 cm³/mol. The van der Waals surface area contributed by atoms with E-state index in [-0.39, 0.29) is 5.91 Å². The van der Waals surface area contributed by atoms with Crippen molar-refractivity contribution in [3.8, 4) is 0 Å². The summed E-state index contributed by atoms with van der Waals surface area (Å²) < 4.78 is 5.47. The number of fused-ring (bicyclic) bond motifs is 1. The highest BCUT2D eigenvalue weighted by Gasteiger charge is 2.26. The second-order valence-corrected chi connectivity index (χ2v) is 5.76. The lowest BCUT2D eigenvalue weighted by molar-refractivity contribution is 0.0672. The number of rotatable bonds is 3. The molecule has 2 heterocycles. The third-order valence-corrected chi connectivity index (χ3v) is 4.25. The average Bonchev–Trinajstić information content (AvgIpc) is 2.91. The minimum absolute atomic E-state index is 0.0780. The van der Waals surface area contributed by atoms with E-state index in [1.54, 1.807) is 6.26 Å². The number of alkyl halides is 1. The molecule has 0 aliphatic carbocycles. The maximum absolute atomic E-state index is 12.7. The Labute approximate surface area is 123 Å². The van der Waals surface area contributed by atoms with E-state index in [0.29, 0.717) is 17.4 Å². The smallest absolute Gasteiger partial charge is 0.257 e. The quantitative estimate of drug-likeness (QED) is 0.803. The number of carbonyl (C=O) groups excluding carboxylic acids is 1. The SMILES string of the molecule is O=C(c1coc2ccccc12)N1CCCC(CCCl)C1. The lowest BCUT2D eigenvalue weighted by Crippen LogP contribution is -2.40. The van der Waals surface area contributed by atoms with E-state index in [4.69, 9.17) is 16.0 Å². The van der Waals surface area contributed by atoms with Crippen molar-refractivity contribution in [2.45, 2.75) is 19.3 Å². The maximum Gasteiger partial charge on any atom is 0.257 e. The maximum atomic E-state index is 12.7. The molecule has 1 aromatic heterocycles. The molecule has 0 saturated carbocycles. The van der Waals surface area contributed by atoms with Crippen LogP contribution in [0.2, 0.25) is 0 Å². The Morgan fingerprint density at radius 1 is 1.40 bits per heavy atom. The van der Waals surface area contributed by atoms with Gasteiger partial charge in [-0.2, -0.15) is 0 Å². The minimum atomic E-state index is 0.0780. The van der Waals surface area contributed by atoms with Gasteiger partial charge in [0.15, 0.2) is 0 Å². The van der Waals surface area contributed by atoms with Crippen molar-refractivity contribution in [2.75, 3.05) is 19.0 Å². The molecular formula is C16H18ClNO2. The molecule has 2 aromatic rings. The summed E-state index contributed by atoms with van der Waals surface area (Å²) in [6.45, 7) is 1.64. The van der Waals surface area contributed by atoms with Crippen LogP contribution in [0, 0.1) is 5.92 Å². The molecular weight excluding hydrogens is 274 g/mol. The second kappa shape index (κ2) is 5.88. The largest absolute Gasteiger partial charge is 0.463 e. The Balaban J connectivity index is 1.81. The number of hydrogen-bond acceptors (Lipinski definition) is 2. The van der Waals surface area contributed by atoms with Crippen LogP contribution >= 0.6 is 11.6 Å². The highest BCUT2D eigenvalue weighted by Crippen LogP contribution is 2.25. The number of hydrogen-bond donors (Lipinski definition) is 0. The van der Waals surface area contributed by atoms with Crippen LogP contribution in [0.4, 0.5) is 0 Å². The fraction of sp³-hybridized carbons (Fsp3) is 0.438. The van der Waals surface area contributed by atoms with Crippen molar-refractivity contribution in [2.24, 2.45) is 5.92 Å². The molecule has 0 N–H and O–H groups in total. The normalized spacial score (nSPS) is 19.4. The molecule has 1 aliphatic heterocycles. The Kier molecular flexibility index (Phi) is 3.97. The summed E-state index contributed by atoms with van der Waals surface area (Å²) in [6, 6.07) is 7.67. The van der Waals surface area contributed by atoms with Crippen LogP contribution in [0.15, 0.2) is 34.9 Å². The third kappa shape index (κ3) is 2.55. The number of para-hydroxylation sites is 1. The number of benzene rings is 1. The fourth-order valence-corrected chi connectivity index (χ4v) is 3.26. The molecule has 1 atom stereocenters. The van der Waals surface area contributed by atoms with Gasteiger partial charge in [0, 0.05) is 24.4 Å². The lowest BCUT2D eigenvalue weighted by Gasteiger charge is -2.32. The van der Waals surface area contributed by atoms with Crippen molar-refractivity contribution >= 4 is 28.5 Å². The summed E-state index contributed by atoms with van der Waals surface area (Å²) in [5, 5.41) is 0.900. The summed E-state index contributed by atoms with van der Waals surface area (Å²) in [5.41, 5.74) is 1.44. The van der Waals surface area contributed by atoms with Crippen LogP contribution in [-0.2, 0) is 0 Å². The molecule has 1 fully saturated rings. The van der Waals surface area contributed by atoms with Crippen LogP contribution in [0.25, 0.3) is 11.0 Å². The molecule has 106 valence electrons. The van der Waals surface area contributed by atoms with Gasteiger partial charge in [0.2, 0.25) is 0 Å². The van der Waals surface area contributed by atoms with E-state index in [2.05, 4.69) is 0 Å². The lowest BCUT2D eigenvalue weighted by atomic mass is 9.95. The van der Waals surface area contributed by atoms with Gasteiger partial charge in [-0.1, -0.05) is 18.2 Å². The first-order valence-corrected chi connectivity index (χ1v) is 7.64. The molecule has 0 spiro atoms. The van der Waals surface area contributed by atoms with Gasteiger partial charge in [-0.25, -0.2) is 0 Å². The van der Waals surface area contributed by atoms with Crippen LogP contribution in [-0.4, -0.2) is 29.8 Å². The van der Waals surface area contributed by atoms with Crippen molar-refractivity contribution in [3.63, 3.8) is 0 Å². The van der Waals surface area contributed by atoms with Gasteiger partial charge in [-0.3, -0.25) is 4.79 Å². The van der Waals surface area contributed by atoms with Crippen LogP contribution in [0.1, 0.15) is 29.6 Å². The standard InChI is InChI=1S/C16H18ClNO2/c17-8-7-12-4-3-9-18(10-12)16(19)14-11-20-15-6-2-1-5-13(14)15/h1-2,5-6,11-12H,3-4,7-10H2. The number of carbonyl (C=O) groups is 1. The number of furan rings is 1. The topological polar surface area (TPSA) is 33.5 Å². The van der Waals surface area contributed by atoms with Gasteiger partial charge in [0.1, 0.15) is 11.8 Å². The number of nitrogens with zero attached hydrogens (tertiary/aromatic N) is 1. The molecule has 4 heteroatoms. The average molecular weight is 292 g/mol. The molecule has 1 amide bonds. The minimum Gasteiger partial charge on any atom is -0.463 e. The molecule has 1 saturated heterocycles. The summed E-state index contributed by atoms with van der Waals surface area (Å²) in [6.07, 6.45) is 4.79. The van der Waals surface area contributed by atoms with E-state index in [1.165, 1.54) is 6.42 Å². The molecule has 1 unspecified atom stereocenters. The molecule has 1 aromatic carbocycles.